The van der Waals surface area contributed by atoms with Gasteiger partial charge in [-0.25, -0.2) is 4.98 Å². The van der Waals surface area contributed by atoms with Crippen LogP contribution in [0.2, 0.25) is 0 Å². The van der Waals surface area contributed by atoms with Crippen molar-refractivity contribution >= 4 is 42.2 Å². The molecule has 2 aliphatic heterocycles. The largest absolute Gasteiger partial charge is 0.421 e. The van der Waals surface area contributed by atoms with Crippen LogP contribution in [0.3, 0.4) is 0 Å². The lowest BCUT2D eigenvalue weighted by atomic mass is 9.92. The van der Waals surface area contributed by atoms with E-state index in [1.54, 1.807) is 51.2 Å². The number of nitrogens with one attached hydrogen (secondary N) is 3. The maximum atomic E-state index is 14.1. The van der Waals surface area contributed by atoms with Crippen molar-refractivity contribution in [1.82, 2.24) is 20.2 Å². The molecule has 2 aliphatic rings. The minimum atomic E-state index is -4.78. The number of hydrogen-bond donors (Lipinski definition) is 5. The maximum Gasteiger partial charge on any atom is 0.421 e. The van der Waals surface area contributed by atoms with E-state index in [0.29, 0.717) is 36.1 Å². The van der Waals surface area contributed by atoms with Gasteiger partial charge in [-0.15, -0.1) is 0 Å². The van der Waals surface area contributed by atoms with Gasteiger partial charge in [-0.2, -0.15) is 18.2 Å². The molecule has 14 heteroatoms. The van der Waals surface area contributed by atoms with Crippen molar-refractivity contribution in [3.63, 3.8) is 0 Å². The number of rotatable bonds is 9. The number of nitrogens with zero attached hydrogens (tertiary/aromatic N) is 3. The minimum Gasteiger partial charge on any atom is -0.339 e. The highest BCUT2D eigenvalue weighted by molar-refractivity contribution is 7.53. The third-order valence-corrected chi connectivity index (χ3v) is 10.4. The number of amides is 1. The smallest absolute Gasteiger partial charge is 0.339 e. The molecule has 5 N–H and O–H groups in total. The summed E-state index contributed by atoms with van der Waals surface area (Å²) in [7, 11) is -2.84. The fourth-order valence-corrected chi connectivity index (χ4v) is 7.24. The van der Waals surface area contributed by atoms with E-state index in [-0.39, 0.29) is 30.4 Å². The van der Waals surface area contributed by atoms with Gasteiger partial charge in [0.1, 0.15) is 11.4 Å². The fourth-order valence-electron chi connectivity index (χ4n) is 5.93. The van der Waals surface area contributed by atoms with Crippen molar-refractivity contribution in [3.8, 4) is 0 Å². The maximum absolute atomic E-state index is 14.1. The summed E-state index contributed by atoms with van der Waals surface area (Å²) < 4.78 is 54.5. The van der Waals surface area contributed by atoms with Gasteiger partial charge in [0.2, 0.25) is 5.95 Å². The zero-order valence-corrected chi connectivity index (χ0v) is 25.4. The first-order valence-electron chi connectivity index (χ1n) is 14.2. The standard InChI is InChI=1S/C30H34F3N6O4P/c1-4-29(5-2,44(41,42)43)19-6-8-20(9-7-19)36-28-35-16-23(30(31,32)33)26(38-28)37-24-11-10-21(18-12-14-34-15-13-18)22-17-39(3)27(40)25(22)24/h6-12,16,34H,4-5,13-15,17H2,1-3H3,(H2,41,42,43)(H2,35,36,37,38). The molecule has 234 valence electrons. The Morgan fingerprint density at radius 1 is 1.07 bits per heavy atom. The molecule has 1 aromatic heterocycles. The molecule has 3 aromatic rings. The van der Waals surface area contributed by atoms with Crippen LogP contribution in [0, 0.1) is 0 Å². The number of carbonyl (C=O) groups excluding carboxylic acids is 1. The summed E-state index contributed by atoms with van der Waals surface area (Å²) in [6.45, 7) is 5.24. The van der Waals surface area contributed by atoms with Crippen LogP contribution in [0.25, 0.3) is 5.57 Å². The highest BCUT2D eigenvalue weighted by atomic mass is 31.2. The van der Waals surface area contributed by atoms with Crippen LogP contribution >= 0.6 is 7.60 Å². The van der Waals surface area contributed by atoms with Crippen molar-refractivity contribution in [2.45, 2.75) is 51.0 Å². The average molecular weight is 631 g/mol. The number of halogens is 3. The van der Waals surface area contributed by atoms with Crippen LogP contribution in [0.15, 0.2) is 48.7 Å². The molecule has 0 radical (unpaired) electrons. The lowest BCUT2D eigenvalue weighted by molar-refractivity contribution is -0.137. The van der Waals surface area contributed by atoms with Crippen molar-refractivity contribution in [3.05, 3.63) is 76.5 Å². The monoisotopic (exact) mass is 630 g/mol. The summed E-state index contributed by atoms with van der Waals surface area (Å²) >= 11 is 0. The molecule has 0 unspecified atom stereocenters. The number of fused-ring (bicyclic) bond motifs is 1. The summed E-state index contributed by atoms with van der Waals surface area (Å²) in [5.41, 5.74) is 3.01. The van der Waals surface area contributed by atoms with E-state index < -0.39 is 30.3 Å². The van der Waals surface area contributed by atoms with Crippen LogP contribution in [-0.4, -0.2) is 50.7 Å². The lowest BCUT2D eigenvalue weighted by Crippen LogP contribution is -2.24. The number of benzene rings is 2. The summed E-state index contributed by atoms with van der Waals surface area (Å²) in [5, 5.41) is 7.55. The lowest BCUT2D eigenvalue weighted by Gasteiger charge is -2.33. The van der Waals surface area contributed by atoms with E-state index in [1.807, 2.05) is 6.07 Å². The van der Waals surface area contributed by atoms with Gasteiger partial charge in [-0.3, -0.25) is 9.36 Å². The molecule has 10 nitrogen and oxygen atoms in total. The van der Waals surface area contributed by atoms with Crippen LogP contribution < -0.4 is 16.0 Å². The van der Waals surface area contributed by atoms with Gasteiger partial charge in [0.15, 0.2) is 0 Å². The summed E-state index contributed by atoms with van der Waals surface area (Å²) in [5.74, 6) is -0.968. The van der Waals surface area contributed by atoms with E-state index >= 15 is 0 Å². The van der Waals surface area contributed by atoms with E-state index in [4.69, 9.17) is 0 Å². The molecule has 3 heterocycles. The molecule has 0 atom stereocenters. The van der Waals surface area contributed by atoms with Crippen molar-refractivity contribution in [2.24, 2.45) is 0 Å². The molecule has 0 saturated carbocycles. The normalized spacial score (nSPS) is 15.7. The molecule has 0 spiro atoms. The topological polar surface area (TPSA) is 140 Å². The Labute approximate surface area is 253 Å². The second-order valence-corrected chi connectivity index (χ2v) is 12.9. The van der Waals surface area contributed by atoms with Crippen molar-refractivity contribution < 1.29 is 32.3 Å². The molecule has 0 saturated heterocycles. The van der Waals surface area contributed by atoms with Crippen LogP contribution in [0.4, 0.5) is 36.3 Å². The van der Waals surface area contributed by atoms with Gasteiger partial charge in [0, 0.05) is 32.0 Å². The van der Waals surface area contributed by atoms with Crippen LogP contribution in [-0.2, 0) is 22.4 Å². The first-order valence-corrected chi connectivity index (χ1v) is 15.9. The Morgan fingerprint density at radius 3 is 2.36 bits per heavy atom. The Bertz CT molecular complexity index is 1650. The Morgan fingerprint density at radius 2 is 1.77 bits per heavy atom. The van der Waals surface area contributed by atoms with Gasteiger partial charge in [0.05, 0.1) is 16.4 Å². The van der Waals surface area contributed by atoms with Gasteiger partial charge in [-0.1, -0.05) is 38.1 Å². The van der Waals surface area contributed by atoms with Gasteiger partial charge < -0.3 is 30.6 Å². The van der Waals surface area contributed by atoms with E-state index in [9.17, 15) is 32.3 Å². The van der Waals surface area contributed by atoms with Gasteiger partial charge in [-0.05, 0) is 66.3 Å². The molecule has 2 aromatic carbocycles. The number of anilines is 4. The molecule has 0 aliphatic carbocycles. The Hall–Kier alpha value is -3.77. The SMILES string of the molecule is CCC(CC)(c1ccc(Nc2ncc(C(F)(F)F)c(Nc3ccc(C4=CCNCC4)c4c3C(=O)N(C)C4)n2)cc1)P(=O)(O)O. The minimum absolute atomic E-state index is 0.142. The Kier molecular flexibility index (Phi) is 8.60. The highest BCUT2D eigenvalue weighted by Gasteiger charge is 2.45. The second-order valence-electron chi connectivity index (χ2n) is 10.9. The zero-order valence-electron chi connectivity index (χ0n) is 24.5. The fraction of sp³-hybridized carbons (Fsp3) is 0.367. The van der Waals surface area contributed by atoms with E-state index in [2.05, 4.69) is 32.0 Å². The molecule has 44 heavy (non-hydrogen) atoms. The number of hydrogen-bond acceptors (Lipinski definition) is 7. The third-order valence-electron chi connectivity index (χ3n) is 8.43. The molecular formula is C30H34F3N6O4P. The first kappa shape index (κ1) is 31.6. The van der Waals surface area contributed by atoms with Gasteiger partial charge in [0.25, 0.3) is 5.91 Å². The van der Waals surface area contributed by atoms with Crippen molar-refractivity contribution in [2.75, 3.05) is 30.8 Å². The van der Waals surface area contributed by atoms with Crippen LogP contribution in [0.1, 0.15) is 65.7 Å². The molecule has 0 bridgehead atoms. The second kappa shape index (κ2) is 12.0. The predicted molar refractivity (Wildman–Crippen MR) is 162 cm³/mol. The predicted octanol–water partition coefficient (Wildman–Crippen LogP) is 6.14. The Balaban J connectivity index is 1.49. The molecule has 1 amide bonds. The first-order chi connectivity index (χ1) is 20.8. The quantitative estimate of drug-likeness (QED) is 0.177. The van der Waals surface area contributed by atoms with Gasteiger partial charge >= 0.3 is 13.8 Å². The number of carbonyl (C=O) groups is 1. The van der Waals surface area contributed by atoms with E-state index in [1.165, 1.54) is 4.90 Å². The van der Waals surface area contributed by atoms with Crippen molar-refractivity contribution in [1.29, 1.82) is 0 Å². The third kappa shape index (κ3) is 5.84. The number of alkyl halides is 3. The molecule has 5 rings (SSSR count). The molecular weight excluding hydrogens is 596 g/mol. The number of aromatic nitrogens is 2. The summed E-state index contributed by atoms with van der Waals surface area (Å²) in [6.07, 6.45) is -0.846. The summed E-state index contributed by atoms with van der Waals surface area (Å²) in [6, 6.07) is 9.70. The zero-order chi connectivity index (χ0) is 31.9. The summed E-state index contributed by atoms with van der Waals surface area (Å²) in [4.78, 5) is 42.8. The molecule has 0 fully saturated rings. The van der Waals surface area contributed by atoms with Crippen LogP contribution in [0.5, 0.6) is 0 Å². The average Bonchev–Trinajstić information content (AvgIpc) is 3.28. The van der Waals surface area contributed by atoms with E-state index in [0.717, 1.165) is 29.7 Å². The highest BCUT2D eigenvalue weighted by Crippen LogP contribution is 2.61.